The van der Waals surface area contributed by atoms with Gasteiger partial charge >= 0.3 is 0 Å². The average Bonchev–Trinajstić information content (AvgIpc) is 2.81. The summed E-state index contributed by atoms with van der Waals surface area (Å²) >= 11 is 0. The van der Waals surface area contributed by atoms with Gasteiger partial charge in [0.05, 0.1) is 32.5 Å². The molecule has 2 aliphatic rings. The fourth-order valence-electron chi connectivity index (χ4n) is 4.34. The van der Waals surface area contributed by atoms with Crippen LogP contribution >= 0.6 is 0 Å². The van der Waals surface area contributed by atoms with E-state index < -0.39 is 0 Å². The van der Waals surface area contributed by atoms with Gasteiger partial charge in [-0.15, -0.1) is 0 Å². The van der Waals surface area contributed by atoms with Crippen molar-refractivity contribution in [2.24, 2.45) is 0 Å². The maximum absolute atomic E-state index is 13.0. The van der Waals surface area contributed by atoms with E-state index in [9.17, 15) is 4.79 Å². The molecule has 6 nitrogen and oxygen atoms in total. The first-order valence-corrected chi connectivity index (χ1v) is 11.2. The largest absolute Gasteiger partial charge is 0.379 e. The lowest BCUT2D eigenvalue weighted by Crippen LogP contribution is -2.43. The molecule has 0 spiro atoms. The summed E-state index contributed by atoms with van der Waals surface area (Å²) in [6, 6.07) is 16.7. The van der Waals surface area contributed by atoms with E-state index in [2.05, 4.69) is 52.4 Å². The van der Waals surface area contributed by atoms with Crippen LogP contribution in [0.2, 0.25) is 0 Å². The molecule has 6 heteroatoms. The maximum Gasteiger partial charge on any atom is 0.251 e. The second-order valence-corrected chi connectivity index (χ2v) is 8.38. The monoisotopic (exact) mass is 423 g/mol. The number of amides is 1. The Morgan fingerprint density at radius 2 is 1.68 bits per heavy atom. The van der Waals surface area contributed by atoms with Gasteiger partial charge in [0.2, 0.25) is 0 Å². The quantitative estimate of drug-likeness (QED) is 0.742. The first kappa shape index (κ1) is 22.0. The number of rotatable bonds is 7. The van der Waals surface area contributed by atoms with Crippen LogP contribution in [0, 0.1) is 6.92 Å². The van der Waals surface area contributed by atoms with E-state index in [-0.39, 0.29) is 11.9 Å². The second kappa shape index (κ2) is 10.9. The zero-order chi connectivity index (χ0) is 21.5. The Morgan fingerprint density at radius 1 is 0.968 bits per heavy atom. The van der Waals surface area contributed by atoms with Gasteiger partial charge in [-0.3, -0.25) is 14.6 Å². The zero-order valence-electron chi connectivity index (χ0n) is 18.4. The van der Waals surface area contributed by atoms with E-state index in [0.717, 1.165) is 70.3 Å². The molecule has 0 aliphatic carbocycles. The zero-order valence-corrected chi connectivity index (χ0v) is 18.4. The molecule has 2 aromatic carbocycles. The Morgan fingerprint density at radius 3 is 2.42 bits per heavy atom. The number of hydrogen-bond acceptors (Lipinski definition) is 5. The lowest BCUT2D eigenvalue weighted by atomic mass is 10.0. The number of ether oxygens (including phenoxy) is 2. The standard InChI is InChI=1S/C25H33N3O3/c1-20-4-2-6-22(16-20)24(28-10-14-31-15-11-28)18-26-25(29)23-7-3-5-21(17-23)19-27-8-12-30-13-9-27/h2-7,16-17,24H,8-15,18-19H2,1H3,(H,26,29). The first-order chi connectivity index (χ1) is 15.2. The fourth-order valence-corrected chi connectivity index (χ4v) is 4.34. The molecule has 2 heterocycles. The molecule has 1 N–H and O–H groups in total. The molecule has 1 amide bonds. The highest BCUT2D eigenvalue weighted by Crippen LogP contribution is 2.22. The number of nitrogens with one attached hydrogen (secondary N) is 1. The van der Waals surface area contributed by atoms with Crippen molar-refractivity contribution in [2.75, 3.05) is 59.2 Å². The van der Waals surface area contributed by atoms with Crippen molar-refractivity contribution < 1.29 is 14.3 Å². The van der Waals surface area contributed by atoms with E-state index in [1.807, 2.05) is 18.2 Å². The fraction of sp³-hybridized carbons (Fsp3) is 0.480. The van der Waals surface area contributed by atoms with Gasteiger partial charge in [-0.1, -0.05) is 42.0 Å². The van der Waals surface area contributed by atoms with Gasteiger partial charge < -0.3 is 14.8 Å². The third kappa shape index (κ3) is 6.14. The van der Waals surface area contributed by atoms with Crippen LogP contribution in [0.5, 0.6) is 0 Å². The van der Waals surface area contributed by atoms with E-state index in [1.54, 1.807) is 0 Å². The Balaban J connectivity index is 1.42. The van der Waals surface area contributed by atoms with Gasteiger partial charge in [-0.25, -0.2) is 0 Å². The lowest BCUT2D eigenvalue weighted by Gasteiger charge is -2.35. The summed E-state index contributed by atoms with van der Waals surface area (Å²) in [5, 5.41) is 3.19. The first-order valence-electron chi connectivity index (χ1n) is 11.2. The summed E-state index contributed by atoms with van der Waals surface area (Å²) in [7, 11) is 0. The van der Waals surface area contributed by atoms with Gasteiger partial charge in [0.15, 0.2) is 0 Å². The van der Waals surface area contributed by atoms with Crippen molar-refractivity contribution in [2.45, 2.75) is 19.5 Å². The van der Waals surface area contributed by atoms with Gasteiger partial charge in [-0.2, -0.15) is 0 Å². The van der Waals surface area contributed by atoms with Gasteiger partial charge in [-0.05, 0) is 30.2 Å². The van der Waals surface area contributed by atoms with Crippen LogP contribution in [0.3, 0.4) is 0 Å². The number of carbonyl (C=O) groups is 1. The number of aryl methyl sites for hydroxylation is 1. The molecular weight excluding hydrogens is 390 g/mol. The summed E-state index contributed by atoms with van der Waals surface area (Å²) in [5.41, 5.74) is 4.36. The van der Waals surface area contributed by atoms with Crippen molar-refractivity contribution in [3.05, 3.63) is 70.8 Å². The highest BCUT2D eigenvalue weighted by atomic mass is 16.5. The molecule has 1 unspecified atom stereocenters. The molecule has 0 aromatic heterocycles. The van der Waals surface area contributed by atoms with Crippen LogP contribution in [0.1, 0.15) is 33.1 Å². The predicted molar refractivity (Wildman–Crippen MR) is 121 cm³/mol. The predicted octanol–water partition coefficient (Wildman–Crippen LogP) is 2.63. The lowest BCUT2D eigenvalue weighted by molar-refractivity contribution is 0.0162. The van der Waals surface area contributed by atoms with Gasteiger partial charge in [0.1, 0.15) is 0 Å². The van der Waals surface area contributed by atoms with Crippen LogP contribution in [0.25, 0.3) is 0 Å². The number of hydrogen-bond donors (Lipinski definition) is 1. The average molecular weight is 424 g/mol. The summed E-state index contributed by atoms with van der Waals surface area (Å²) in [4.78, 5) is 17.8. The van der Waals surface area contributed by atoms with Crippen molar-refractivity contribution in [3.8, 4) is 0 Å². The third-order valence-corrected chi connectivity index (χ3v) is 6.07. The van der Waals surface area contributed by atoms with Crippen molar-refractivity contribution >= 4 is 5.91 Å². The van der Waals surface area contributed by atoms with Crippen LogP contribution in [-0.4, -0.2) is 74.9 Å². The molecule has 166 valence electrons. The van der Waals surface area contributed by atoms with Crippen LogP contribution in [0.4, 0.5) is 0 Å². The van der Waals surface area contributed by atoms with Crippen LogP contribution in [-0.2, 0) is 16.0 Å². The minimum Gasteiger partial charge on any atom is -0.379 e. The minimum atomic E-state index is -0.0188. The molecular formula is C25H33N3O3. The molecule has 0 radical (unpaired) electrons. The Hall–Kier alpha value is -2.25. The summed E-state index contributed by atoms with van der Waals surface area (Å²) < 4.78 is 11.0. The maximum atomic E-state index is 13.0. The summed E-state index contributed by atoms with van der Waals surface area (Å²) in [5.74, 6) is -0.0188. The molecule has 1 atom stereocenters. The Kier molecular flexibility index (Phi) is 7.70. The van der Waals surface area contributed by atoms with E-state index in [1.165, 1.54) is 11.1 Å². The molecule has 0 bridgehead atoms. The third-order valence-electron chi connectivity index (χ3n) is 6.07. The Labute approximate surface area is 185 Å². The van der Waals surface area contributed by atoms with Crippen LogP contribution < -0.4 is 5.32 Å². The van der Waals surface area contributed by atoms with Crippen molar-refractivity contribution in [1.29, 1.82) is 0 Å². The minimum absolute atomic E-state index is 0.0188. The molecule has 2 aliphatic heterocycles. The summed E-state index contributed by atoms with van der Waals surface area (Å²) in [6.07, 6.45) is 0. The van der Waals surface area contributed by atoms with Crippen molar-refractivity contribution in [3.63, 3.8) is 0 Å². The van der Waals surface area contributed by atoms with Gasteiger partial charge in [0, 0.05) is 44.8 Å². The van der Waals surface area contributed by atoms with E-state index in [4.69, 9.17) is 9.47 Å². The highest BCUT2D eigenvalue weighted by molar-refractivity contribution is 5.94. The highest BCUT2D eigenvalue weighted by Gasteiger charge is 2.23. The summed E-state index contributed by atoms with van der Waals surface area (Å²) in [6.45, 7) is 10.2. The molecule has 4 rings (SSSR count). The smallest absolute Gasteiger partial charge is 0.251 e. The molecule has 2 saturated heterocycles. The molecule has 2 fully saturated rings. The van der Waals surface area contributed by atoms with E-state index in [0.29, 0.717) is 6.54 Å². The number of nitrogens with zero attached hydrogens (tertiary/aromatic N) is 2. The van der Waals surface area contributed by atoms with E-state index >= 15 is 0 Å². The van der Waals surface area contributed by atoms with Gasteiger partial charge in [0.25, 0.3) is 5.91 Å². The SMILES string of the molecule is Cc1cccc(C(CNC(=O)c2cccc(CN3CCOCC3)c2)N2CCOCC2)c1. The second-order valence-electron chi connectivity index (χ2n) is 8.38. The molecule has 0 saturated carbocycles. The molecule has 2 aromatic rings. The van der Waals surface area contributed by atoms with Crippen molar-refractivity contribution in [1.82, 2.24) is 15.1 Å². The Bertz CT molecular complexity index is 861. The molecule has 31 heavy (non-hydrogen) atoms. The normalized spacial score (nSPS) is 19.1. The number of carbonyl (C=O) groups excluding carboxylic acids is 1. The topological polar surface area (TPSA) is 54.0 Å². The number of benzene rings is 2. The van der Waals surface area contributed by atoms with Crippen LogP contribution in [0.15, 0.2) is 48.5 Å². The number of morpholine rings is 2.